The molecule has 0 radical (unpaired) electrons. The molecule has 0 fully saturated rings. The van der Waals surface area contributed by atoms with Crippen LogP contribution >= 0.6 is 12.2 Å². The van der Waals surface area contributed by atoms with Crippen molar-refractivity contribution in [3.05, 3.63) is 29.8 Å². The number of rotatable bonds is 8. The van der Waals surface area contributed by atoms with E-state index in [0.29, 0.717) is 12.6 Å². The second-order valence-electron chi connectivity index (χ2n) is 5.02. The summed E-state index contributed by atoms with van der Waals surface area (Å²) in [6, 6.07) is 8.43. The molecular formula is C16H26N2O2S. The number of benzene rings is 1. The van der Waals surface area contributed by atoms with E-state index < -0.39 is 0 Å². The van der Waals surface area contributed by atoms with Gasteiger partial charge in [0.2, 0.25) is 0 Å². The second kappa shape index (κ2) is 9.58. The molecule has 118 valence electrons. The summed E-state index contributed by atoms with van der Waals surface area (Å²) in [4.78, 5) is 2.13. The molecule has 0 spiro atoms. The molecule has 1 N–H and O–H groups in total. The van der Waals surface area contributed by atoms with Gasteiger partial charge in [0, 0.05) is 26.2 Å². The Balaban J connectivity index is 2.69. The molecule has 1 unspecified atom stereocenters. The van der Waals surface area contributed by atoms with Gasteiger partial charge in [-0.3, -0.25) is 0 Å². The van der Waals surface area contributed by atoms with Gasteiger partial charge in [-0.15, -0.1) is 0 Å². The summed E-state index contributed by atoms with van der Waals surface area (Å²) in [5.41, 5.74) is 1.19. The summed E-state index contributed by atoms with van der Waals surface area (Å²) in [5, 5.41) is 4.13. The Morgan fingerprint density at radius 1 is 1.29 bits per heavy atom. The molecule has 0 aliphatic heterocycles. The highest BCUT2D eigenvalue weighted by Gasteiger charge is 2.12. The van der Waals surface area contributed by atoms with Gasteiger partial charge in [-0.2, -0.15) is 0 Å². The molecule has 1 atom stereocenters. The minimum absolute atomic E-state index is 0.374. The zero-order chi connectivity index (χ0) is 15.7. The van der Waals surface area contributed by atoms with E-state index in [4.69, 9.17) is 21.7 Å². The average molecular weight is 310 g/mol. The Morgan fingerprint density at radius 3 is 2.48 bits per heavy atom. The molecule has 1 aromatic rings. The van der Waals surface area contributed by atoms with E-state index in [2.05, 4.69) is 36.2 Å². The normalized spacial score (nSPS) is 11.8. The van der Waals surface area contributed by atoms with Gasteiger partial charge in [0.05, 0.1) is 13.7 Å². The van der Waals surface area contributed by atoms with Crippen molar-refractivity contribution in [2.75, 3.05) is 27.4 Å². The van der Waals surface area contributed by atoms with Gasteiger partial charge in [0.25, 0.3) is 0 Å². The van der Waals surface area contributed by atoms with Gasteiger partial charge >= 0.3 is 0 Å². The van der Waals surface area contributed by atoms with Crippen LogP contribution in [0.2, 0.25) is 0 Å². The van der Waals surface area contributed by atoms with Gasteiger partial charge in [-0.05, 0) is 43.3 Å². The number of nitrogens with zero attached hydrogens (tertiary/aromatic N) is 1. The van der Waals surface area contributed by atoms with E-state index in [1.54, 1.807) is 14.2 Å². The maximum absolute atomic E-state index is 5.51. The summed E-state index contributed by atoms with van der Waals surface area (Å²) in [5.74, 6) is 0.863. The molecule has 0 heterocycles. The van der Waals surface area contributed by atoms with Crippen LogP contribution in [0.25, 0.3) is 0 Å². The molecule has 1 aromatic carbocycles. The Kier molecular flexibility index (Phi) is 8.08. The fourth-order valence-corrected chi connectivity index (χ4v) is 2.17. The quantitative estimate of drug-likeness (QED) is 0.747. The van der Waals surface area contributed by atoms with E-state index in [0.717, 1.165) is 30.4 Å². The van der Waals surface area contributed by atoms with Crippen molar-refractivity contribution in [3.8, 4) is 5.75 Å². The largest absolute Gasteiger partial charge is 0.497 e. The highest BCUT2D eigenvalue weighted by atomic mass is 32.1. The highest BCUT2D eigenvalue weighted by Crippen LogP contribution is 2.13. The van der Waals surface area contributed by atoms with Crippen molar-refractivity contribution in [2.24, 2.45) is 0 Å². The van der Waals surface area contributed by atoms with Crippen LogP contribution in [-0.2, 0) is 11.3 Å². The fourth-order valence-electron chi connectivity index (χ4n) is 1.81. The fraction of sp³-hybridized carbons (Fsp3) is 0.562. The lowest BCUT2D eigenvalue weighted by atomic mass is 10.2. The van der Waals surface area contributed by atoms with Crippen LogP contribution in [0.3, 0.4) is 0 Å². The topological polar surface area (TPSA) is 33.7 Å². The van der Waals surface area contributed by atoms with Crippen LogP contribution in [0.1, 0.15) is 25.8 Å². The lowest BCUT2D eigenvalue weighted by Gasteiger charge is -2.27. The average Bonchev–Trinajstić information content (AvgIpc) is 2.51. The number of ether oxygens (including phenoxy) is 2. The number of hydrogen-bond acceptors (Lipinski definition) is 3. The molecule has 4 nitrogen and oxygen atoms in total. The third-order valence-electron chi connectivity index (χ3n) is 3.37. The lowest BCUT2D eigenvalue weighted by Crippen LogP contribution is -2.44. The summed E-state index contributed by atoms with van der Waals surface area (Å²) in [7, 11) is 3.38. The Hall–Kier alpha value is -1.33. The van der Waals surface area contributed by atoms with Crippen molar-refractivity contribution in [1.82, 2.24) is 10.2 Å². The van der Waals surface area contributed by atoms with E-state index in [1.165, 1.54) is 5.56 Å². The first-order valence-corrected chi connectivity index (χ1v) is 7.68. The van der Waals surface area contributed by atoms with Crippen LogP contribution in [0.5, 0.6) is 5.75 Å². The summed E-state index contributed by atoms with van der Waals surface area (Å²) in [6.45, 7) is 6.45. The van der Waals surface area contributed by atoms with Gasteiger partial charge < -0.3 is 19.7 Å². The molecule has 0 bridgehead atoms. The minimum atomic E-state index is 0.374. The predicted octanol–water partition coefficient (Wildman–Crippen LogP) is 2.82. The number of methoxy groups -OCH3 is 2. The maximum atomic E-state index is 5.51. The zero-order valence-corrected chi connectivity index (χ0v) is 14.2. The number of thiocarbonyl (C=S) groups is 1. The second-order valence-corrected chi connectivity index (χ2v) is 5.41. The molecule has 5 heteroatoms. The van der Waals surface area contributed by atoms with Crippen molar-refractivity contribution in [1.29, 1.82) is 0 Å². The monoisotopic (exact) mass is 310 g/mol. The van der Waals surface area contributed by atoms with E-state index in [1.807, 2.05) is 12.1 Å². The third-order valence-corrected chi connectivity index (χ3v) is 3.74. The minimum Gasteiger partial charge on any atom is -0.497 e. The zero-order valence-electron chi connectivity index (χ0n) is 13.4. The van der Waals surface area contributed by atoms with Crippen molar-refractivity contribution in [2.45, 2.75) is 32.9 Å². The van der Waals surface area contributed by atoms with Gasteiger partial charge in [-0.1, -0.05) is 19.1 Å². The molecular weight excluding hydrogens is 284 g/mol. The first kappa shape index (κ1) is 17.7. The highest BCUT2D eigenvalue weighted by molar-refractivity contribution is 7.80. The standard InChI is InChI=1S/C16H26N2O2S/c1-5-13(2)17-16(21)18(10-11-19-3)12-14-6-8-15(20-4)9-7-14/h6-9,13H,5,10-12H2,1-4H3,(H,17,21). The number of hydrogen-bond donors (Lipinski definition) is 1. The summed E-state index contributed by atoms with van der Waals surface area (Å²) < 4.78 is 10.4. The van der Waals surface area contributed by atoms with Crippen LogP contribution in [0, 0.1) is 0 Å². The Labute approximate surface area is 133 Å². The van der Waals surface area contributed by atoms with Crippen LogP contribution < -0.4 is 10.1 Å². The van der Waals surface area contributed by atoms with Crippen LogP contribution in [0.15, 0.2) is 24.3 Å². The van der Waals surface area contributed by atoms with Crippen molar-refractivity contribution in [3.63, 3.8) is 0 Å². The molecule has 0 saturated carbocycles. The van der Waals surface area contributed by atoms with Crippen LogP contribution in [-0.4, -0.2) is 43.4 Å². The van der Waals surface area contributed by atoms with Crippen molar-refractivity contribution < 1.29 is 9.47 Å². The molecule has 0 amide bonds. The lowest BCUT2D eigenvalue weighted by molar-refractivity contribution is 0.173. The van der Waals surface area contributed by atoms with E-state index >= 15 is 0 Å². The summed E-state index contributed by atoms with van der Waals surface area (Å²) in [6.07, 6.45) is 1.04. The molecule has 0 aromatic heterocycles. The van der Waals surface area contributed by atoms with E-state index in [9.17, 15) is 0 Å². The first-order valence-electron chi connectivity index (χ1n) is 7.28. The van der Waals surface area contributed by atoms with E-state index in [-0.39, 0.29) is 0 Å². The molecule has 0 aliphatic carbocycles. The van der Waals surface area contributed by atoms with Crippen molar-refractivity contribution >= 4 is 17.3 Å². The van der Waals surface area contributed by atoms with Gasteiger partial charge in [0.1, 0.15) is 5.75 Å². The smallest absolute Gasteiger partial charge is 0.169 e. The molecule has 0 aliphatic rings. The number of nitrogens with one attached hydrogen (secondary N) is 1. The summed E-state index contributed by atoms with van der Waals surface area (Å²) >= 11 is 5.51. The van der Waals surface area contributed by atoms with Gasteiger partial charge in [-0.25, -0.2) is 0 Å². The Bertz CT molecular complexity index is 423. The molecule has 1 rings (SSSR count). The first-order chi connectivity index (χ1) is 10.1. The third kappa shape index (κ3) is 6.31. The van der Waals surface area contributed by atoms with Gasteiger partial charge in [0.15, 0.2) is 5.11 Å². The predicted molar refractivity (Wildman–Crippen MR) is 90.8 cm³/mol. The maximum Gasteiger partial charge on any atom is 0.169 e. The molecule has 0 saturated heterocycles. The molecule has 21 heavy (non-hydrogen) atoms. The SMILES string of the molecule is CCC(C)NC(=S)N(CCOC)Cc1ccc(OC)cc1. The Morgan fingerprint density at radius 2 is 1.95 bits per heavy atom. The van der Waals surface area contributed by atoms with Crippen LogP contribution in [0.4, 0.5) is 0 Å².